The van der Waals surface area contributed by atoms with Crippen molar-refractivity contribution in [3.05, 3.63) is 36.0 Å². The predicted molar refractivity (Wildman–Crippen MR) is 43.8 cm³/mol. The van der Waals surface area contributed by atoms with Crippen molar-refractivity contribution in [3.63, 3.8) is 0 Å². The second-order valence-electron chi connectivity index (χ2n) is 2.37. The van der Waals surface area contributed by atoms with Crippen molar-refractivity contribution in [2.45, 2.75) is 0 Å². The summed E-state index contributed by atoms with van der Waals surface area (Å²) in [6.45, 7) is 0. The van der Waals surface area contributed by atoms with Gasteiger partial charge in [0.15, 0.2) is 6.29 Å². The Kier molecular flexibility index (Phi) is 1.55. The van der Waals surface area contributed by atoms with Crippen LogP contribution in [0, 0.1) is 6.07 Å². The summed E-state index contributed by atoms with van der Waals surface area (Å²) in [7, 11) is 0. The van der Waals surface area contributed by atoms with Crippen LogP contribution >= 0.6 is 0 Å². The molecule has 1 heterocycles. The highest BCUT2D eigenvalue weighted by atomic mass is 16.1. The van der Waals surface area contributed by atoms with Gasteiger partial charge in [-0.25, -0.2) is 0 Å². The Hall–Kier alpha value is -1.77. The fraction of sp³-hybridized carbons (Fsp3) is 0. The van der Waals surface area contributed by atoms with Crippen molar-refractivity contribution in [2.24, 2.45) is 0 Å². The topological polar surface area (TPSA) is 42.9 Å². The third kappa shape index (κ3) is 1.05. The number of carbonyl (C=O) groups excluding carboxylic acids is 1. The second-order valence-corrected chi connectivity index (χ2v) is 2.37. The first-order valence-electron chi connectivity index (χ1n) is 3.49. The molecule has 1 aromatic heterocycles. The number of aldehydes is 1. The Morgan fingerprint density at radius 1 is 1.42 bits per heavy atom. The van der Waals surface area contributed by atoms with Crippen molar-refractivity contribution in [1.29, 1.82) is 0 Å². The van der Waals surface area contributed by atoms with Crippen LogP contribution in [-0.4, -0.2) is 16.5 Å². The van der Waals surface area contributed by atoms with Crippen molar-refractivity contribution in [1.82, 2.24) is 10.2 Å². The summed E-state index contributed by atoms with van der Waals surface area (Å²) >= 11 is 0. The quantitative estimate of drug-likeness (QED) is 0.585. The average Bonchev–Trinajstić information content (AvgIpc) is 2.17. The molecule has 1 aromatic carbocycles. The lowest BCUT2D eigenvalue weighted by molar-refractivity contribution is 0.111. The maximum absolute atomic E-state index is 10.3. The molecule has 57 valence electrons. The van der Waals surface area contributed by atoms with E-state index in [1.54, 1.807) is 18.2 Å². The van der Waals surface area contributed by atoms with Crippen LogP contribution in [0.5, 0.6) is 0 Å². The molecular formula is C9H5N2O. The maximum atomic E-state index is 10.3. The third-order valence-electron chi connectivity index (χ3n) is 1.57. The molecule has 0 aliphatic rings. The number of nitrogens with zero attached hydrogens (tertiary/aromatic N) is 2. The molecule has 3 nitrogen and oxygen atoms in total. The molecule has 0 saturated heterocycles. The Bertz CT molecular complexity index is 426. The first-order chi connectivity index (χ1) is 5.90. The molecule has 2 aromatic rings. The fourth-order valence-corrected chi connectivity index (χ4v) is 1.000. The highest BCUT2D eigenvalue weighted by molar-refractivity contribution is 5.83. The molecule has 0 unspecified atom stereocenters. The minimum Gasteiger partial charge on any atom is -0.296 e. The Balaban J connectivity index is 2.75. The molecule has 2 rings (SSSR count). The lowest BCUT2D eigenvalue weighted by Crippen LogP contribution is -1.90. The summed E-state index contributed by atoms with van der Waals surface area (Å²) in [5, 5.41) is 8.43. The zero-order valence-corrected chi connectivity index (χ0v) is 6.19. The van der Waals surface area contributed by atoms with Gasteiger partial charge in [-0.2, -0.15) is 0 Å². The van der Waals surface area contributed by atoms with E-state index < -0.39 is 0 Å². The van der Waals surface area contributed by atoms with Gasteiger partial charge in [0.05, 0.1) is 5.52 Å². The first kappa shape index (κ1) is 6.91. The van der Waals surface area contributed by atoms with E-state index >= 15 is 0 Å². The van der Waals surface area contributed by atoms with Gasteiger partial charge in [0.25, 0.3) is 0 Å². The van der Waals surface area contributed by atoms with Crippen LogP contribution in [0.3, 0.4) is 0 Å². The van der Waals surface area contributed by atoms with Gasteiger partial charge in [-0.1, -0.05) is 12.1 Å². The summed E-state index contributed by atoms with van der Waals surface area (Å²) in [4.78, 5) is 10.3. The maximum Gasteiger partial charge on any atom is 0.170 e. The van der Waals surface area contributed by atoms with Crippen LogP contribution in [0.15, 0.2) is 24.3 Å². The SMILES string of the molecule is O=Cc1cc2cc[c]cc2nn1. The zero-order valence-electron chi connectivity index (χ0n) is 6.19. The van der Waals surface area contributed by atoms with Gasteiger partial charge < -0.3 is 0 Å². The summed E-state index contributed by atoms with van der Waals surface area (Å²) in [6.07, 6.45) is 0.684. The molecular weight excluding hydrogens is 152 g/mol. The second kappa shape index (κ2) is 2.70. The van der Waals surface area contributed by atoms with E-state index in [0.717, 1.165) is 10.9 Å². The number of carbonyl (C=O) groups is 1. The Morgan fingerprint density at radius 3 is 3.17 bits per heavy atom. The van der Waals surface area contributed by atoms with Crippen LogP contribution in [0.25, 0.3) is 10.9 Å². The lowest BCUT2D eigenvalue weighted by Gasteiger charge is -1.93. The summed E-state index contributed by atoms with van der Waals surface area (Å²) < 4.78 is 0. The molecule has 0 saturated carbocycles. The summed E-state index contributed by atoms with van der Waals surface area (Å²) in [5.74, 6) is 0. The van der Waals surface area contributed by atoms with Crippen molar-refractivity contribution < 1.29 is 4.79 Å². The van der Waals surface area contributed by atoms with Crippen LogP contribution < -0.4 is 0 Å². The average molecular weight is 157 g/mol. The molecule has 1 radical (unpaired) electrons. The predicted octanol–water partition coefficient (Wildman–Crippen LogP) is 1.24. The molecule has 0 spiro atoms. The summed E-state index contributed by atoms with van der Waals surface area (Å²) in [6, 6.07) is 9.93. The standard InChI is InChI=1S/C9H5N2O/c12-6-8-5-7-3-1-2-4-9(7)11-10-8/h1,3-6H. The first-order valence-corrected chi connectivity index (χ1v) is 3.49. The third-order valence-corrected chi connectivity index (χ3v) is 1.57. The van der Waals surface area contributed by atoms with Gasteiger partial charge in [0.2, 0.25) is 0 Å². The molecule has 0 atom stereocenters. The van der Waals surface area contributed by atoms with Crippen LogP contribution in [0.4, 0.5) is 0 Å². The van der Waals surface area contributed by atoms with Crippen molar-refractivity contribution in [3.8, 4) is 0 Å². The molecule has 0 fully saturated rings. The van der Waals surface area contributed by atoms with Gasteiger partial charge in [-0.15, -0.1) is 10.2 Å². The van der Waals surface area contributed by atoms with Crippen LogP contribution in [-0.2, 0) is 0 Å². The molecule has 0 aliphatic carbocycles. The molecule has 0 amide bonds. The van der Waals surface area contributed by atoms with Gasteiger partial charge in [0, 0.05) is 5.39 Å². The number of benzene rings is 1. The van der Waals surface area contributed by atoms with E-state index in [4.69, 9.17) is 0 Å². The number of aromatic nitrogens is 2. The van der Waals surface area contributed by atoms with Crippen molar-refractivity contribution in [2.75, 3.05) is 0 Å². The number of fused-ring (bicyclic) bond motifs is 1. The molecule has 12 heavy (non-hydrogen) atoms. The summed E-state index contributed by atoms with van der Waals surface area (Å²) in [5.41, 5.74) is 1.11. The van der Waals surface area contributed by atoms with Crippen LogP contribution in [0.2, 0.25) is 0 Å². The van der Waals surface area contributed by atoms with E-state index in [1.165, 1.54) is 0 Å². The minimum absolute atomic E-state index is 0.355. The molecule has 3 heteroatoms. The van der Waals surface area contributed by atoms with Gasteiger partial charge >= 0.3 is 0 Å². The Labute approximate surface area is 69.0 Å². The van der Waals surface area contributed by atoms with Gasteiger partial charge in [0.1, 0.15) is 5.69 Å². The normalized spacial score (nSPS) is 10.0. The molecule has 0 aliphatic heterocycles. The number of rotatable bonds is 1. The minimum atomic E-state index is 0.355. The monoisotopic (exact) mass is 157 g/mol. The lowest BCUT2D eigenvalue weighted by atomic mass is 10.2. The number of hydrogen-bond acceptors (Lipinski definition) is 3. The van der Waals surface area contributed by atoms with E-state index in [2.05, 4.69) is 16.3 Å². The highest BCUT2D eigenvalue weighted by Crippen LogP contribution is 2.08. The Morgan fingerprint density at radius 2 is 2.33 bits per heavy atom. The fourth-order valence-electron chi connectivity index (χ4n) is 1.000. The highest BCUT2D eigenvalue weighted by Gasteiger charge is 1.95. The molecule has 0 bridgehead atoms. The number of hydrogen-bond donors (Lipinski definition) is 0. The van der Waals surface area contributed by atoms with Crippen molar-refractivity contribution >= 4 is 17.2 Å². The van der Waals surface area contributed by atoms with E-state index in [-0.39, 0.29) is 0 Å². The van der Waals surface area contributed by atoms with E-state index in [9.17, 15) is 4.79 Å². The van der Waals surface area contributed by atoms with E-state index in [1.807, 2.05) is 6.07 Å². The zero-order chi connectivity index (χ0) is 8.39. The smallest absolute Gasteiger partial charge is 0.170 e. The van der Waals surface area contributed by atoms with Crippen LogP contribution in [0.1, 0.15) is 10.5 Å². The largest absolute Gasteiger partial charge is 0.296 e. The van der Waals surface area contributed by atoms with Gasteiger partial charge in [-0.05, 0) is 18.2 Å². The van der Waals surface area contributed by atoms with E-state index in [0.29, 0.717) is 12.0 Å². The molecule has 0 N–H and O–H groups in total. The van der Waals surface area contributed by atoms with Gasteiger partial charge in [-0.3, -0.25) is 4.79 Å².